The van der Waals surface area contributed by atoms with Crippen molar-refractivity contribution in [1.82, 2.24) is 0 Å². The van der Waals surface area contributed by atoms with E-state index in [4.69, 9.17) is 4.74 Å². The first-order valence-corrected chi connectivity index (χ1v) is 6.34. The van der Waals surface area contributed by atoms with E-state index in [-0.39, 0.29) is 11.6 Å². The number of carbonyl (C=O) groups excluding carboxylic acids is 2. The molecule has 0 atom stereocenters. The lowest BCUT2D eigenvalue weighted by molar-refractivity contribution is 0.0161. The zero-order valence-corrected chi connectivity index (χ0v) is 11.5. The summed E-state index contributed by atoms with van der Waals surface area (Å²) in [6.07, 6.45) is 0. The van der Waals surface area contributed by atoms with Gasteiger partial charge >= 0.3 is 0 Å². The Morgan fingerprint density at radius 1 is 0.800 bits per heavy atom. The van der Waals surface area contributed by atoms with Gasteiger partial charge in [0.25, 0.3) is 0 Å². The number of methoxy groups -OCH3 is 1. The number of Topliss-reactive ketones (excluding diaryl/α,β-unsaturated/α-hetero) is 2. The number of hydrogen-bond donors (Lipinski definition) is 0. The van der Waals surface area contributed by atoms with E-state index >= 15 is 0 Å². The minimum atomic E-state index is -1.51. The highest BCUT2D eigenvalue weighted by molar-refractivity contribution is 6.22. The van der Waals surface area contributed by atoms with Crippen molar-refractivity contribution in [2.75, 3.05) is 7.11 Å². The fourth-order valence-corrected chi connectivity index (χ4v) is 2.02. The molecule has 0 saturated heterocycles. The van der Waals surface area contributed by atoms with Crippen molar-refractivity contribution in [2.24, 2.45) is 0 Å². The van der Waals surface area contributed by atoms with Gasteiger partial charge in [0.15, 0.2) is 5.60 Å². The molecule has 0 bridgehead atoms. The second-order valence-corrected chi connectivity index (χ2v) is 4.63. The molecular weight excluding hydrogens is 252 g/mol. The van der Waals surface area contributed by atoms with Crippen molar-refractivity contribution in [3.05, 3.63) is 71.8 Å². The third kappa shape index (κ3) is 2.53. The van der Waals surface area contributed by atoms with E-state index in [2.05, 4.69) is 0 Å². The molecule has 2 aromatic carbocycles. The molecule has 0 N–H and O–H groups in total. The molecular formula is C17H16O3. The second-order valence-electron chi connectivity index (χ2n) is 4.63. The fraction of sp³-hybridized carbons (Fsp3) is 0.176. The van der Waals surface area contributed by atoms with E-state index in [0.717, 1.165) is 0 Å². The van der Waals surface area contributed by atoms with Crippen LogP contribution in [0, 0.1) is 0 Å². The van der Waals surface area contributed by atoms with Crippen LogP contribution in [-0.4, -0.2) is 24.3 Å². The highest BCUT2D eigenvalue weighted by Crippen LogP contribution is 2.22. The summed E-state index contributed by atoms with van der Waals surface area (Å²) in [5, 5.41) is 0. The third-order valence-corrected chi connectivity index (χ3v) is 3.35. The molecule has 0 radical (unpaired) electrons. The molecule has 2 aromatic rings. The van der Waals surface area contributed by atoms with Gasteiger partial charge in [-0.1, -0.05) is 60.7 Å². The van der Waals surface area contributed by atoms with Crippen molar-refractivity contribution < 1.29 is 14.3 Å². The van der Waals surface area contributed by atoms with E-state index in [1.54, 1.807) is 48.5 Å². The summed E-state index contributed by atoms with van der Waals surface area (Å²) in [6.45, 7) is 1.51. The largest absolute Gasteiger partial charge is 0.362 e. The van der Waals surface area contributed by atoms with Gasteiger partial charge in [0, 0.05) is 18.2 Å². The number of rotatable bonds is 5. The number of ether oxygens (including phenoxy) is 1. The van der Waals surface area contributed by atoms with Crippen molar-refractivity contribution in [1.29, 1.82) is 0 Å². The molecule has 0 aliphatic rings. The topological polar surface area (TPSA) is 43.4 Å². The van der Waals surface area contributed by atoms with E-state index in [9.17, 15) is 9.59 Å². The molecule has 0 aromatic heterocycles. The van der Waals surface area contributed by atoms with Crippen LogP contribution in [-0.2, 0) is 4.74 Å². The average Bonchev–Trinajstić information content (AvgIpc) is 2.54. The van der Waals surface area contributed by atoms with Gasteiger partial charge in [-0.3, -0.25) is 9.59 Å². The third-order valence-electron chi connectivity index (χ3n) is 3.35. The summed E-state index contributed by atoms with van der Waals surface area (Å²) in [6, 6.07) is 17.4. The SMILES string of the molecule is COC(C)(C(=O)c1ccccc1)C(=O)c1ccccc1. The van der Waals surface area contributed by atoms with E-state index in [0.29, 0.717) is 11.1 Å². The predicted octanol–water partition coefficient (Wildman–Crippen LogP) is 3.16. The molecule has 0 heterocycles. The van der Waals surface area contributed by atoms with E-state index < -0.39 is 5.60 Å². The Balaban J connectivity index is 2.39. The van der Waals surface area contributed by atoms with Crippen LogP contribution in [0.2, 0.25) is 0 Å². The lowest BCUT2D eigenvalue weighted by Crippen LogP contribution is -2.45. The first kappa shape index (κ1) is 14.2. The Bertz CT molecular complexity index is 551. The Hall–Kier alpha value is -2.26. The average molecular weight is 268 g/mol. The maximum Gasteiger partial charge on any atom is 0.202 e. The molecule has 3 nitrogen and oxygen atoms in total. The first-order valence-electron chi connectivity index (χ1n) is 6.34. The maximum atomic E-state index is 12.6. The summed E-state index contributed by atoms with van der Waals surface area (Å²) in [5.41, 5.74) is -0.592. The van der Waals surface area contributed by atoms with Gasteiger partial charge in [-0.25, -0.2) is 0 Å². The molecule has 0 spiro atoms. The minimum absolute atomic E-state index is 0.338. The highest BCUT2D eigenvalue weighted by atomic mass is 16.5. The molecule has 3 heteroatoms. The van der Waals surface area contributed by atoms with Crippen LogP contribution in [0.25, 0.3) is 0 Å². The molecule has 0 aliphatic carbocycles. The van der Waals surface area contributed by atoms with Gasteiger partial charge in [-0.05, 0) is 6.92 Å². The van der Waals surface area contributed by atoms with E-state index in [1.807, 2.05) is 12.1 Å². The van der Waals surface area contributed by atoms with Crippen LogP contribution in [0.15, 0.2) is 60.7 Å². The van der Waals surface area contributed by atoms with Crippen molar-refractivity contribution >= 4 is 11.6 Å². The minimum Gasteiger partial charge on any atom is -0.362 e. The maximum absolute atomic E-state index is 12.6. The Morgan fingerprint density at radius 2 is 1.15 bits per heavy atom. The Labute approximate surface area is 118 Å². The van der Waals surface area contributed by atoms with E-state index in [1.165, 1.54) is 14.0 Å². The lowest BCUT2D eigenvalue weighted by Gasteiger charge is -2.25. The van der Waals surface area contributed by atoms with Gasteiger partial charge in [0.05, 0.1) is 0 Å². The second kappa shape index (κ2) is 5.80. The van der Waals surface area contributed by atoms with Gasteiger partial charge in [0.1, 0.15) is 0 Å². The zero-order valence-electron chi connectivity index (χ0n) is 11.5. The Kier molecular flexibility index (Phi) is 4.11. The standard InChI is InChI=1S/C17H16O3/c1-17(20-2,15(18)13-9-5-3-6-10-13)16(19)14-11-7-4-8-12-14/h3-12H,1-2H3. The first-order chi connectivity index (χ1) is 9.59. The smallest absolute Gasteiger partial charge is 0.202 e. The van der Waals surface area contributed by atoms with Crippen LogP contribution in [0.3, 0.4) is 0 Å². The van der Waals surface area contributed by atoms with Gasteiger partial charge in [0.2, 0.25) is 11.6 Å². The molecule has 20 heavy (non-hydrogen) atoms. The summed E-state index contributed by atoms with van der Waals surface area (Å²) >= 11 is 0. The molecule has 0 fully saturated rings. The molecule has 2 rings (SSSR count). The van der Waals surface area contributed by atoms with Crippen LogP contribution < -0.4 is 0 Å². The lowest BCUT2D eigenvalue weighted by atomic mass is 9.87. The van der Waals surface area contributed by atoms with Crippen molar-refractivity contribution in [3.8, 4) is 0 Å². The molecule has 0 amide bonds. The van der Waals surface area contributed by atoms with Crippen molar-refractivity contribution in [3.63, 3.8) is 0 Å². The van der Waals surface area contributed by atoms with Gasteiger partial charge in [-0.15, -0.1) is 0 Å². The van der Waals surface area contributed by atoms with Crippen LogP contribution in [0.4, 0.5) is 0 Å². The number of benzene rings is 2. The van der Waals surface area contributed by atoms with Crippen LogP contribution in [0.5, 0.6) is 0 Å². The summed E-state index contributed by atoms with van der Waals surface area (Å²) in [5.74, 6) is -0.677. The summed E-state index contributed by atoms with van der Waals surface area (Å²) < 4.78 is 5.27. The molecule has 0 unspecified atom stereocenters. The highest BCUT2D eigenvalue weighted by Gasteiger charge is 2.41. The zero-order chi connectivity index (χ0) is 14.6. The summed E-state index contributed by atoms with van der Waals surface area (Å²) in [4.78, 5) is 25.1. The Morgan fingerprint density at radius 3 is 1.45 bits per heavy atom. The summed E-state index contributed by atoms with van der Waals surface area (Å²) in [7, 11) is 1.38. The number of ketones is 2. The predicted molar refractivity (Wildman–Crippen MR) is 77.0 cm³/mol. The fourth-order valence-electron chi connectivity index (χ4n) is 2.02. The van der Waals surface area contributed by atoms with Gasteiger partial charge in [-0.2, -0.15) is 0 Å². The van der Waals surface area contributed by atoms with Crippen LogP contribution in [0.1, 0.15) is 27.6 Å². The quantitative estimate of drug-likeness (QED) is 0.618. The normalized spacial score (nSPS) is 11.1. The van der Waals surface area contributed by atoms with Gasteiger partial charge < -0.3 is 4.74 Å². The monoisotopic (exact) mass is 268 g/mol. The number of carbonyl (C=O) groups is 2. The molecule has 0 aliphatic heterocycles. The number of hydrogen-bond acceptors (Lipinski definition) is 3. The van der Waals surface area contributed by atoms with Crippen LogP contribution >= 0.6 is 0 Å². The molecule has 0 saturated carbocycles. The molecule has 102 valence electrons. The van der Waals surface area contributed by atoms with Crippen molar-refractivity contribution in [2.45, 2.75) is 12.5 Å².